The summed E-state index contributed by atoms with van der Waals surface area (Å²) in [6, 6.07) is 17.7. The molecule has 11 heteroatoms. The lowest BCUT2D eigenvalue weighted by atomic mass is 9.98. The van der Waals surface area contributed by atoms with Crippen molar-refractivity contribution in [2.45, 2.75) is 57.6 Å². The van der Waals surface area contributed by atoms with Gasteiger partial charge >= 0.3 is 22.4 Å². The summed E-state index contributed by atoms with van der Waals surface area (Å²) in [5.41, 5.74) is 5.31. The van der Waals surface area contributed by atoms with Crippen LogP contribution < -0.4 is 5.32 Å². The van der Waals surface area contributed by atoms with Gasteiger partial charge in [0.05, 0.1) is 5.69 Å². The lowest BCUT2D eigenvalue weighted by molar-refractivity contribution is 0.0635. The lowest BCUT2D eigenvalue weighted by Gasteiger charge is -2.34. The second kappa shape index (κ2) is 12.2. The second-order valence-electron chi connectivity index (χ2n) is 12.3. The first-order valence-corrected chi connectivity index (χ1v) is 16.0. The van der Waals surface area contributed by atoms with Crippen molar-refractivity contribution in [3.05, 3.63) is 82.4 Å². The zero-order chi connectivity index (χ0) is 31.8. The van der Waals surface area contributed by atoms with E-state index in [1.807, 2.05) is 24.3 Å². The summed E-state index contributed by atoms with van der Waals surface area (Å²) >= 11 is 0. The number of anilines is 1. The average Bonchev–Trinajstić information content (AvgIpc) is 3.28. The Balaban J connectivity index is 1.24. The Morgan fingerprint density at radius 2 is 1.50 bits per heavy atom. The molecule has 234 valence electrons. The molecule has 0 spiro atoms. The van der Waals surface area contributed by atoms with Crippen molar-refractivity contribution in [1.29, 1.82) is 0 Å². The van der Waals surface area contributed by atoms with E-state index in [2.05, 4.69) is 34.5 Å². The summed E-state index contributed by atoms with van der Waals surface area (Å²) in [6.45, 7) is 10.7. The monoisotopic (exact) mass is 623 g/mol. The van der Waals surface area contributed by atoms with Crippen LogP contribution in [0.4, 0.5) is 19.2 Å². The summed E-state index contributed by atoms with van der Waals surface area (Å²) in [5.74, 6) is -0.0263. The van der Waals surface area contributed by atoms with E-state index in [4.69, 9.17) is 9.47 Å². The highest BCUT2D eigenvalue weighted by Gasteiger charge is 2.31. The van der Waals surface area contributed by atoms with Gasteiger partial charge in [0.25, 0.3) is 0 Å². The zero-order valence-corrected chi connectivity index (χ0v) is 26.5. The van der Waals surface area contributed by atoms with Gasteiger partial charge in [-0.15, -0.1) is 3.89 Å². The number of halogens is 1. The molecule has 9 nitrogen and oxygen atoms in total. The molecule has 1 saturated heterocycles. The Hall–Kier alpha value is -3.96. The van der Waals surface area contributed by atoms with Crippen LogP contribution in [0.15, 0.2) is 59.5 Å². The number of nitrogens with zero attached hydrogens (tertiary/aromatic N) is 2. The van der Waals surface area contributed by atoms with Crippen molar-refractivity contribution >= 4 is 28.1 Å². The van der Waals surface area contributed by atoms with Gasteiger partial charge in [-0.05, 0) is 79.6 Å². The van der Waals surface area contributed by atoms with E-state index in [-0.39, 0.29) is 29.9 Å². The molecule has 5 rings (SSSR count). The maximum Gasteiger partial charge on any atom is 0.412 e. The molecule has 0 atom stereocenters. The van der Waals surface area contributed by atoms with Gasteiger partial charge in [-0.25, -0.2) is 9.59 Å². The zero-order valence-electron chi connectivity index (χ0n) is 25.6. The molecule has 3 aromatic carbocycles. The normalized spacial score (nSPS) is 15.5. The Morgan fingerprint density at radius 1 is 0.932 bits per heavy atom. The summed E-state index contributed by atoms with van der Waals surface area (Å²) in [4.78, 5) is 28.8. The Kier molecular flexibility index (Phi) is 8.73. The molecule has 0 radical (unpaired) electrons. The van der Waals surface area contributed by atoms with E-state index in [0.29, 0.717) is 43.9 Å². The Morgan fingerprint density at radius 3 is 2.05 bits per heavy atom. The molecule has 1 aliphatic carbocycles. The van der Waals surface area contributed by atoms with Crippen LogP contribution in [0.1, 0.15) is 54.5 Å². The van der Waals surface area contributed by atoms with Gasteiger partial charge in [-0.2, -0.15) is 8.42 Å². The number of fused-ring (bicyclic) bond motifs is 3. The van der Waals surface area contributed by atoms with Gasteiger partial charge in [0.2, 0.25) is 0 Å². The van der Waals surface area contributed by atoms with Crippen molar-refractivity contribution in [3.8, 4) is 11.1 Å². The molecule has 0 bridgehead atoms. The number of nitrogens with one attached hydrogen (secondary N) is 1. The first kappa shape index (κ1) is 31.5. The van der Waals surface area contributed by atoms with E-state index >= 15 is 0 Å². The Labute approximate surface area is 258 Å². The van der Waals surface area contributed by atoms with Crippen molar-refractivity contribution in [3.63, 3.8) is 0 Å². The maximum absolute atomic E-state index is 14.3. The van der Waals surface area contributed by atoms with E-state index in [9.17, 15) is 21.9 Å². The van der Waals surface area contributed by atoms with Gasteiger partial charge in [-0.1, -0.05) is 48.5 Å². The third-order valence-electron chi connectivity index (χ3n) is 8.16. The van der Waals surface area contributed by atoms with Crippen LogP contribution in [0.3, 0.4) is 0 Å². The summed E-state index contributed by atoms with van der Waals surface area (Å²) in [6.07, 6.45) is -1.15. The van der Waals surface area contributed by atoms with Crippen LogP contribution >= 0.6 is 0 Å². The number of carbonyl (C=O) groups is 2. The maximum atomic E-state index is 14.3. The van der Waals surface area contributed by atoms with Crippen molar-refractivity contribution < 1.29 is 31.4 Å². The predicted octanol–water partition coefficient (Wildman–Crippen LogP) is 6.38. The van der Waals surface area contributed by atoms with Crippen LogP contribution in [0.2, 0.25) is 0 Å². The summed E-state index contributed by atoms with van der Waals surface area (Å²) in [7, 11) is -5.06. The molecule has 0 saturated carbocycles. The highest BCUT2D eigenvalue weighted by atomic mass is 32.3. The van der Waals surface area contributed by atoms with Gasteiger partial charge in [0, 0.05) is 38.6 Å². The van der Waals surface area contributed by atoms with Gasteiger partial charge < -0.3 is 14.4 Å². The minimum atomic E-state index is -5.06. The number of hydrogen-bond acceptors (Lipinski definition) is 7. The van der Waals surface area contributed by atoms with Crippen LogP contribution in [-0.4, -0.2) is 68.8 Å². The highest BCUT2D eigenvalue weighted by Crippen LogP contribution is 2.44. The van der Waals surface area contributed by atoms with E-state index in [1.54, 1.807) is 32.6 Å². The average molecular weight is 624 g/mol. The van der Waals surface area contributed by atoms with Crippen molar-refractivity contribution in [2.24, 2.45) is 0 Å². The topological polar surface area (TPSA) is 105 Å². The summed E-state index contributed by atoms with van der Waals surface area (Å²) in [5, 5.41) is 2.62. The molecule has 1 fully saturated rings. The third-order valence-corrected chi connectivity index (χ3v) is 9.11. The molecule has 1 heterocycles. The molecule has 1 N–H and O–H groups in total. The molecular formula is C33H38FN3O6S. The Bertz CT molecular complexity index is 1650. The summed E-state index contributed by atoms with van der Waals surface area (Å²) < 4.78 is 49.5. The highest BCUT2D eigenvalue weighted by molar-refractivity contribution is 7.86. The standard InChI is InChI=1S/C33H38FN3O6S/c1-21-23(18-29(44(34,40)41)22(2)30(21)35-31(38)43-33(3,4)5)19-36-14-16-37(17-15-36)32(39)42-20-28-26-12-8-6-10-24(26)25-11-7-9-13-27(25)28/h6-13,18,28H,14-17,19-20H2,1-5H3,(H,35,38). The molecular weight excluding hydrogens is 585 g/mol. The minimum absolute atomic E-state index is 0.0263. The second-order valence-corrected chi connectivity index (χ2v) is 13.6. The van der Waals surface area contributed by atoms with E-state index in [0.717, 1.165) is 22.3 Å². The fourth-order valence-corrected chi connectivity index (χ4v) is 6.72. The molecule has 44 heavy (non-hydrogen) atoms. The predicted molar refractivity (Wildman–Crippen MR) is 166 cm³/mol. The SMILES string of the molecule is Cc1c(CN2CCN(C(=O)OCC3c4ccccc4-c4ccccc43)CC2)cc(S(=O)(=O)F)c(C)c1NC(=O)OC(C)(C)C. The molecule has 0 aromatic heterocycles. The van der Waals surface area contributed by atoms with Gasteiger partial charge in [0.15, 0.2) is 0 Å². The number of hydrogen-bond donors (Lipinski definition) is 1. The number of ether oxygens (including phenoxy) is 2. The fourth-order valence-electron chi connectivity index (χ4n) is 5.97. The first-order valence-electron chi connectivity index (χ1n) is 14.6. The van der Waals surface area contributed by atoms with Crippen LogP contribution in [0.25, 0.3) is 11.1 Å². The molecule has 2 amide bonds. The molecule has 1 aliphatic heterocycles. The van der Waals surface area contributed by atoms with Gasteiger partial charge in [0.1, 0.15) is 17.1 Å². The van der Waals surface area contributed by atoms with E-state index < -0.39 is 26.8 Å². The number of rotatable bonds is 6. The van der Waals surface area contributed by atoms with Crippen LogP contribution in [0, 0.1) is 13.8 Å². The van der Waals surface area contributed by atoms with E-state index in [1.165, 1.54) is 13.0 Å². The number of carbonyl (C=O) groups excluding carboxylic acids is 2. The minimum Gasteiger partial charge on any atom is -0.448 e. The largest absolute Gasteiger partial charge is 0.448 e. The van der Waals surface area contributed by atoms with Crippen molar-refractivity contribution in [2.75, 3.05) is 38.1 Å². The number of piperazine rings is 1. The third kappa shape index (κ3) is 6.73. The lowest BCUT2D eigenvalue weighted by Crippen LogP contribution is -2.48. The molecule has 2 aliphatic rings. The molecule has 0 unspecified atom stereocenters. The fraction of sp³-hybridized carbons (Fsp3) is 0.394. The first-order chi connectivity index (χ1) is 20.7. The number of amides is 2. The smallest absolute Gasteiger partial charge is 0.412 e. The van der Waals surface area contributed by atoms with Crippen LogP contribution in [-0.2, 0) is 26.2 Å². The quantitative estimate of drug-likeness (QED) is 0.318. The molecule has 3 aromatic rings. The van der Waals surface area contributed by atoms with Gasteiger partial charge in [-0.3, -0.25) is 10.2 Å². The van der Waals surface area contributed by atoms with Crippen molar-refractivity contribution in [1.82, 2.24) is 9.80 Å². The van der Waals surface area contributed by atoms with Crippen LogP contribution in [0.5, 0.6) is 0 Å². The number of benzene rings is 3.